The summed E-state index contributed by atoms with van der Waals surface area (Å²) in [5, 5.41) is 2.39. The molecule has 18 heteroatoms. The number of nitrogens with zero attached hydrogens (tertiary/aromatic N) is 1. The molecule has 356 valence electrons. The molecule has 3 heterocycles. The number of hydrogen-bond acceptors (Lipinski definition) is 13. The van der Waals surface area contributed by atoms with Gasteiger partial charge in [-0.3, -0.25) is 33.0 Å². The van der Waals surface area contributed by atoms with Crippen LogP contribution in [0.3, 0.4) is 0 Å². The normalized spacial score (nSPS) is 24.0. The van der Waals surface area contributed by atoms with Crippen LogP contribution in [-0.2, 0) is 52.5 Å². The van der Waals surface area contributed by atoms with Crippen molar-refractivity contribution in [1.82, 2.24) is 14.6 Å². The van der Waals surface area contributed by atoms with Gasteiger partial charge in [-0.1, -0.05) is 103 Å². The number of aromatic amines is 1. The lowest BCUT2D eigenvalue weighted by Gasteiger charge is -2.38. The number of benzene rings is 3. The minimum absolute atomic E-state index is 0.00539. The molecule has 1 saturated carbocycles. The zero-order valence-corrected chi connectivity index (χ0v) is 39.8. The van der Waals surface area contributed by atoms with E-state index < -0.39 is 90.7 Å². The lowest BCUT2D eigenvalue weighted by atomic mass is 9.79. The van der Waals surface area contributed by atoms with Crippen molar-refractivity contribution in [3.8, 4) is 0 Å². The average Bonchev–Trinajstić information content (AvgIpc) is 3.95. The molecule has 0 amide bonds. The molecular formula is C48H59FN3O12PS. The average molecular weight is 952 g/mol. The Bertz CT molecular complexity index is 2370. The minimum Gasteiger partial charge on any atom is -0.462 e. The number of hydrogen-bond donors (Lipinski definition) is 2. The summed E-state index contributed by atoms with van der Waals surface area (Å²) in [6.07, 6.45) is 0.786. The molecule has 0 bridgehead atoms. The lowest BCUT2D eigenvalue weighted by molar-refractivity contribution is -0.252. The van der Waals surface area contributed by atoms with E-state index in [0.717, 1.165) is 51.9 Å². The van der Waals surface area contributed by atoms with Gasteiger partial charge in [-0.05, 0) is 71.1 Å². The van der Waals surface area contributed by atoms with Gasteiger partial charge in [-0.25, -0.2) is 18.8 Å². The monoisotopic (exact) mass is 951 g/mol. The molecule has 2 aliphatic heterocycles. The molecule has 0 radical (unpaired) electrons. The molecule has 4 aromatic rings. The Kier molecular flexibility index (Phi) is 15.1. The molecule has 2 N–H and O–H groups in total. The fourth-order valence-electron chi connectivity index (χ4n) is 8.88. The van der Waals surface area contributed by atoms with Crippen molar-refractivity contribution in [1.29, 1.82) is 0 Å². The zero-order valence-electron chi connectivity index (χ0n) is 38.1. The first kappa shape index (κ1) is 49.6. The predicted octanol–water partition coefficient (Wildman–Crippen LogP) is 7.58. The molecule has 3 fully saturated rings. The second-order valence-corrected chi connectivity index (χ2v) is 21.0. The summed E-state index contributed by atoms with van der Waals surface area (Å²) in [7, 11) is -4.58. The quantitative estimate of drug-likeness (QED) is 0.0383. The Morgan fingerprint density at radius 3 is 2.02 bits per heavy atom. The van der Waals surface area contributed by atoms with Crippen molar-refractivity contribution in [2.75, 3.05) is 32.2 Å². The molecule has 66 heavy (non-hydrogen) atoms. The van der Waals surface area contributed by atoms with Gasteiger partial charge in [0.25, 0.3) is 5.56 Å². The summed E-state index contributed by atoms with van der Waals surface area (Å²) >= 11 is 0.947. The van der Waals surface area contributed by atoms with Crippen LogP contribution in [0, 0.1) is 5.41 Å². The summed E-state index contributed by atoms with van der Waals surface area (Å²) < 4.78 is 75.2. The number of thioether (sulfide) groups is 1. The highest BCUT2D eigenvalue weighted by molar-refractivity contribution is 8.13. The van der Waals surface area contributed by atoms with E-state index in [-0.39, 0.29) is 24.1 Å². The van der Waals surface area contributed by atoms with Crippen LogP contribution in [0.5, 0.6) is 0 Å². The summed E-state index contributed by atoms with van der Waals surface area (Å²) in [5.74, 6) is -1.85. The summed E-state index contributed by atoms with van der Waals surface area (Å²) in [6.45, 7) is 7.65. The molecule has 6 atom stereocenters. The van der Waals surface area contributed by atoms with Crippen LogP contribution in [0.2, 0.25) is 0 Å². The topological polar surface area (TPSA) is 183 Å². The van der Waals surface area contributed by atoms with Crippen LogP contribution in [0.25, 0.3) is 0 Å². The van der Waals surface area contributed by atoms with E-state index in [1.807, 2.05) is 91.0 Å². The lowest BCUT2D eigenvalue weighted by Crippen LogP contribution is -2.52. The molecule has 1 aromatic heterocycles. The summed E-state index contributed by atoms with van der Waals surface area (Å²) in [6, 6.07) is 29.4. The van der Waals surface area contributed by atoms with Crippen molar-refractivity contribution in [2.45, 2.75) is 114 Å². The van der Waals surface area contributed by atoms with Gasteiger partial charge in [-0.2, -0.15) is 0 Å². The summed E-state index contributed by atoms with van der Waals surface area (Å²) in [4.78, 5) is 54.3. The Morgan fingerprint density at radius 1 is 0.909 bits per heavy atom. The van der Waals surface area contributed by atoms with Crippen molar-refractivity contribution in [3.63, 3.8) is 0 Å². The first-order valence-corrected chi connectivity index (χ1v) is 24.7. The van der Waals surface area contributed by atoms with Crippen molar-refractivity contribution >= 4 is 30.6 Å². The van der Waals surface area contributed by atoms with Gasteiger partial charge in [0.1, 0.15) is 30.0 Å². The number of ether oxygens (including phenoxy) is 5. The fourth-order valence-corrected chi connectivity index (χ4v) is 11.3. The Balaban J connectivity index is 1.08. The van der Waals surface area contributed by atoms with Crippen molar-refractivity contribution in [2.24, 2.45) is 5.41 Å². The van der Waals surface area contributed by atoms with Crippen LogP contribution in [0.15, 0.2) is 113 Å². The van der Waals surface area contributed by atoms with Gasteiger partial charge in [0.15, 0.2) is 22.7 Å². The SMILES string of the molecule is CC(C)OC(=O)[C@H](C)NP(=O)(OCCSC(=O)C(C)(C)COC(c1ccccc1)(c1ccccc1)c1ccccc1)OC[C@@]1(CF)O[C@@H](n2ccc(=O)[nH]c2=O)[C@]2(C)OC3(CCCC3)O[C@H]12. The van der Waals surface area contributed by atoms with Gasteiger partial charge in [-0.15, -0.1) is 0 Å². The largest absolute Gasteiger partial charge is 0.462 e. The molecule has 2 saturated heterocycles. The molecule has 3 aliphatic rings. The number of nitrogens with one attached hydrogen (secondary N) is 2. The smallest absolute Gasteiger partial charge is 0.406 e. The standard InChI is InChI=1S/C48H59FN3O12PS/c1-33(2)61-39(54)34(3)51-65(57,60-32-46(30-49)40-45(6,64-47(62-40)25-16-17-26-47)41(63-46)52-27-24-38(53)50-43(52)56)59-28-29-66-42(55)44(4,5)31-58-48(35-18-10-7-11-19-35,36-20-12-8-13-21-36)37-22-14-9-15-23-37/h7-15,18-24,27,33-34,40-41H,16-17,25-26,28-32H2,1-6H3,(H,51,57)(H,50,53,56)/t34-,40-,41+,45+,46+,65?/m0/s1. The van der Waals surface area contributed by atoms with E-state index in [2.05, 4.69) is 10.1 Å². The van der Waals surface area contributed by atoms with E-state index in [0.29, 0.717) is 12.8 Å². The molecule has 15 nitrogen and oxygen atoms in total. The van der Waals surface area contributed by atoms with E-state index in [9.17, 15) is 23.7 Å². The number of alkyl halides is 1. The first-order chi connectivity index (χ1) is 31.4. The van der Waals surface area contributed by atoms with E-state index >= 15 is 4.39 Å². The van der Waals surface area contributed by atoms with Crippen molar-refractivity contribution in [3.05, 3.63) is 141 Å². The maximum atomic E-state index is 15.8. The maximum Gasteiger partial charge on any atom is 0.406 e. The third-order valence-corrected chi connectivity index (χ3v) is 15.0. The Hall–Kier alpha value is -4.29. The Morgan fingerprint density at radius 2 is 1.48 bits per heavy atom. The zero-order chi connectivity index (χ0) is 47.4. The molecule has 1 unspecified atom stereocenters. The number of H-pyrrole nitrogens is 1. The van der Waals surface area contributed by atoms with Gasteiger partial charge in [0.2, 0.25) is 0 Å². The van der Waals surface area contributed by atoms with Gasteiger partial charge in [0.05, 0.1) is 31.3 Å². The van der Waals surface area contributed by atoms with Crippen LogP contribution >= 0.6 is 19.5 Å². The number of halogens is 1. The van der Waals surface area contributed by atoms with Crippen LogP contribution in [-0.4, -0.2) is 88.1 Å². The van der Waals surface area contributed by atoms with E-state index in [1.54, 1.807) is 34.6 Å². The second-order valence-electron chi connectivity index (χ2n) is 18.1. The number of esters is 1. The highest BCUT2D eigenvalue weighted by Gasteiger charge is 2.72. The highest BCUT2D eigenvalue weighted by Crippen LogP contribution is 2.59. The highest BCUT2D eigenvalue weighted by atomic mass is 32.2. The number of carbonyl (C=O) groups excluding carboxylic acids is 2. The molecule has 7 rings (SSSR count). The molecule has 1 spiro atoms. The van der Waals surface area contributed by atoms with Gasteiger partial charge >= 0.3 is 19.4 Å². The Labute approximate surface area is 388 Å². The van der Waals surface area contributed by atoms with Crippen molar-refractivity contribution < 1.29 is 51.3 Å². The number of rotatable bonds is 20. The van der Waals surface area contributed by atoms with Crippen LogP contribution < -0.4 is 16.3 Å². The van der Waals surface area contributed by atoms with Crippen LogP contribution in [0.1, 0.15) is 90.1 Å². The fraction of sp³-hybridized carbons (Fsp3) is 0.500. The minimum atomic E-state index is -4.58. The number of aromatic nitrogens is 2. The second kappa shape index (κ2) is 20.1. The first-order valence-electron chi connectivity index (χ1n) is 22.2. The van der Waals surface area contributed by atoms with E-state index in [4.69, 9.17) is 32.7 Å². The number of carbonyl (C=O) groups is 2. The predicted molar refractivity (Wildman–Crippen MR) is 245 cm³/mol. The summed E-state index contributed by atoms with van der Waals surface area (Å²) in [5.41, 5.74) is -4.41. The third kappa shape index (κ3) is 10.2. The van der Waals surface area contributed by atoms with Gasteiger partial charge in [0, 0.05) is 30.9 Å². The molecular weight excluding hydrogens is 893 g/mol. The van der Waals surface area contributed by atoms with Gasteiger partial charge < -0.3 is 23.7 Å². The third-order valence-electron chi connectivity index (χ3n) is 12.1. The van der Waals surface area contributed by atoms with E-state index in [1.165, 1.54) is 13.1 Å². The van der Waals surface area contributed by atoms with Crippen LogP contribution in [0.4, 0.5) is 4.39 Å². The molecule has 3 aromatic carbocycles. The molecule has 1 aliphatic carbocycles. The number of fused-ring (bicyclic) bond motifs is 1. The maximum absolute atomic E-state index is 15.8.